The highest BCUT2D eigenvalue weighted by atomic mass is 16.5. The summed E-state index contributed by atoms with van der Waals surface area (Å²) in [6, 6.07) is 0. The molecule has 5 N–H and O–H groups in total. The van der Waals surface area contributed by atoms with Crippen molar-refractivity contribution in [1.29, 1.82) is 0 Å². The number of hydrogen-bond donors (Lipinski definition) is 5. The van der Waals surface area contributed by atoms with E-state index in [-0.39, 0.29) is 97.6 Å². The third-order valence-corrected chi connectivity index (χ3v) is 18.5. The number of aliphatic carboxylic acids is 3. The van der Waals surface area contributed by atoms with Crippen molar-refractivity contribution in [3.05, 3.63) is 0 Å². The maximum atomic E-state index is 11.8. The first-order valence-corrected chi connectivity index (χ1v) is 43.3. The fourth-order valence-corrected chi connectivity index (χ4v) is 11.0. The Balaban J connectivity index is -0.000000695. The fraction of sp³-hybridized carbons (Fsp3) is 0.862. The number of carbonyl (C=O) groups is 12. The number of hydrogen-bond acceptors (Lipinski definition) is 20. The van der Waals surface area contributed by atoms with E-state index < -0.39 is 29.7 Å². The largest absolute Gasteiger partial charge is 0.481 e. The zero-order valence-corrected chi connectivity index (χ0v) is 71.7. The molecule has 0 saturated carbocycles. The van der Waals surface area contributed by atoms with E-state index in [0.717, 1.165) is 57.8 Å². The number of carbonyl (C=O) groups excluding carboxylic acids is 9. The molecule has 0 radical (unpaired) electrons. The van der Waals surface area contributed by atoms with Crippen LogP contribution in [-0.2, 0) is 95.4 Å². The molecule has 0 aliphatic carbocycles. The lowest BCUT2D eigenvalue weighted by atomic mass is 9.97. The second-order valence-corrected chi connectivity index (χ2v) is 29.7. The van der Waals surface area contributed by atoms with Crippen molar-refractivity contribution in [2.75, 3.05) is 119 Å². The number of unbranched alkanes of at least 4 members (excludes halogenated alkanes) is 28. The summed E-state index contributed by atoms with van der Waals surface area (Å²) in [5.41, 5.74) is 0. The average Bonchev–Trinajstić information content (AvgIpc) is 0.956. The SMILES string of the molecule is CCC(=O)NCCOCCOCC(=O)CCCOCCOCC(=O)C(C)C.CCC(=O)NCCOCCOCC(=O)CCCOCCOCC(=O)C(C)C.CC[C@H](CC(=O)CCCCCCCCCCCCCCCCC(=O)O)C(=O)O.CC[C@H](CC(=O)CCCCCCCCCCCCCCCCCCC(C)=O)C(=O)O. The molecule has 0 saturated heterocycles. The highest BCUT2D eigenvalue weighted by molar-refractivity contribution is 5.85. The van der Waals surface area contributed by atoms with E-state index in [1.807, 2.05) is 41.5 Å². The second kappa shape index (κ2) is 88.1. The van der Waals surface area contributed by atoms with Gasteiger partial charge in [0.25, 0.3) is 0 Å². The standard InChI is InChI=1S/C26H48O4.C23H42O5.2C19H35NO7/c1-3-24(26(29)30)22-25(28)21-19-17-15-13-11-9-7-5-4-6-8-10-12-14-16-18-20-23(2)27;1-2-20(23(27)28)19-21(24)17-15-13-11-9-7-5-3-4-6-8-10-12-14-16-18-22(25)26;2*1-4-19(23)20-7-9-25-11-12-26-14-17(21)6-5-8-24-10-13-27-15-18(22)16(2)3/h24H,3-22H2,1-2H3,(H,29,30);20H,2-19H2,1H3,(H,25,26)(H,27,28);2*16H,4-15H2,1-3H3,(H,20,23)/t24-;20-;;/m11../s1. The van der Waals surface area contributed by atoms with E-state index in [9.17, 15) is 57.5 Å². The molecule has 656 valence electrons. The topological polar surface area (TPSA) is 363 Å². The molecule has 0 aliphatic rings. The zero-order chi connectivity index (χ0) is 84.1. The number of carboxylic acids is 3. The van der Waals surface area contributed by atoms with E-state index in [4.69, 9.17) is 53.2 Å². The van der Waals surface area contributed by atoms with Gasteiger partial charge in [0, 0.05) is 102 Å². The van der Waals surface area contributed by atoms with Gasteiger partial charge in [-0.2, -0.15) is 0 Å². The molecule has 0 spiro atoms. The first-order chi connectivity index (χ1) is 53.9. The second-order valence-electron chi connectivity index (χ2n) is 29.7. The molecular formula is C87H160N2O23. The van der Waals surface area contributed by atoms with Gasteiger partial charge in [-0.05, 0) is 58.3 Å². The van der Waals surface area contributed by atoms with Crippen molar-refractivity contribution in [2.24, 2.45) is 23.7 Å². The minimum Gasteiger partial charge on any atom is -0.481 e. The Morgan fingerprint density at radius 2 is 0.518 bits per heavy atom. The van der Waals surface area contributed by atoms with Crippen LogP contribution in [0.3, 0.4) is 0 Å². The van der Waals surface area contributed by atoms with Crippen LogP contribution in [0.1, 0.15) is 345 Å². The molecule has 0 heterocycles. The van der Waals surface area contributed by atoms with Crippen molar-refractivity contribution >= 4 is 70.2 Å². The van der Waals surface area contributed by atoms with Gasteiger partial charge in [0.1, 0.15) is 43.8 Å². The van der Waals surface area contributed by atoms with E-state index in [0.29, 0.717) is 169 Å². The molecule has 25 heteroatoms. The van der Waals surface area contributed by atoms with Crippen LogP contribution in [-0.4, -0.2) is 204 Å². The molecule has 0 aliphatic heterocycles. The smallest absolute Gasteiger partial charge is 0.306 e. The highest BCUT2D eigenvalue weighted by Crippen LogP contribution is 2.19. The predicted octanol–water partition coefficient (Wildman–Crippen LogP) is 16.4. The van der Waals surface area contributed by atoms with Gasteiger partial charge < -0.3 is 68.6 Å². The Morgan fingerprint density at radius 3 is 0.768 bits per heavy atom. The molecule has 0 rings (SSSR count). The van der Waals surface area contributed by atoms with Crippen LogP contribution in [0.2, 0.25) is 0 Å². The number of ketones is 7. The normalized spacial score (nSPS) is 11.5. The first-order valence-electron chi connectivity index (χ1n) is 43.3. The van der Waals surface area contributed by atoms with E-state index in [2.05, 4.69) is 10.6 Å². The van der Waals surface area contributed by atoms with Gasteiger partial charge in [0.15, 0.2) is 23.1 Å². The van der Waals surface area contributed by atoms with Gasteiger partial charge in [-0.25, -0.2) is 0 Å². The van der Waals surface area contributed by atoms with E-state index >= 15 is 0 Å². The summed E-state index contributed by atoms with van der Waals surface area (Å²) in [5.74, 6) is -2.71. The summed E-state index contributed by atoms with van der Waals surface area (Å²) in [6.45, 7) is 22.4. The lowest BCUT2D eigenvalue weighted by molar-refractivity contribution is -0.144. The van der Waals surface area contributed by atoms with Gasteiger partial charge in [-0.15, -0.1) is 0 Å². The molecule has 0 bridgehead atoms. The number of nitrogens with one attached hydrogen (secondary N) is 2. The molecule has 0 aromatic heterocycles. The summed E-state index contributed by atoms with van der Waals surface area (Å²) in [5, 5.41) is 31.9. The van der Waals surface area contributed by atoms with Gasteiger partial charge >= 0.3 is 17.9 Å². The van der Waals surface area contributed by atoms with Gasteiger partial charge in [0.2, 0.25) is 11.8 Å². The monoisotopic (exact) mass is 1600 g/mol. The van der Waals surface area contributed by atoms with Crippen LogP contribution in [0.15, 0.2) is 0 Å². The van der Waals surface area contributed by atoms with E-state index in [1.165, 1.54) is 141 Å². The summed E-state index contributed by atoms with van der Waals surface area (Å²) in [4.78, 5) is 135. The van der Waals surface area contributed by atoms with Gasteiger partial charge in [-0.1, -0.05) is 222 Å². The molecule has 112 heavy (non-hydrogen) atoms. The van der Waals surface area contributed by atoms with E-state index in [1.54, 1.807) is 20.8 Å². The van der Waals surface area contributed by atoms with Gasteiger partial charge in [-0.3, -0.25) is 52.7 Å². The lowest BCUT2D eigenvalue weighted by Crippen LogP contribution is -2.26. The van der Waals surface area contributed by atoms with Gasteiger partial charge in [0.05, 0.1) is 77.9 Å². The van der Waals surface area contributed by atoms with Crippen LogP contribution in [0, 0.1) is 23.7 Å². The molecule has 0 aromatic carbocycles. The maximum Gasteiger partial charge on any atom is 0.306 e. The Kier molecular flexibility index (Phi) is 88.9. The molecule has 0 unspecified atom stereocenters. The Labute approximate surface area is 675 Å². The highest BCUT2D eigenvalue weighted by Gasteiger charge is 2.20. The van der Waals surface area contributed by atoms with Crippen molar-refractivity contribution < 1.29 is 111 Å². The number of Topliss-reactive ketones (excluding diaryl/α,β-unsaturated/α-hetero) is 7. The molecule has 2 atom stereocenters. The Morgan fingerprint density at radius 1 is 0.277 bits per heavy atom. The first kappa shape index (κ1) is 113. The number of amides is 2. The molecule has 25 nitrogen and oxygen atoms in total. The summed E-state index contributed by atoms with van der Waals surface area (Å²) >= 11 is 0. The molecule has 0 fully saturated rings. The van der Waals surface area contributed by atoms with Crippen LogP contribution >= 0.6 is 0 Å². The summed E-state index contributed by atoms with van der Waals surface area (Å²) < 4.78 is 42.2. The maximum absolute atomic E-state index is 11.8. The molecule has 2 amide bonds. The molecule has 0 aromatic rings. The summed E-state index contributed by atoms with van der Waals surface area (Å²) in [6.07, 6.45) is 42.9. The van der Waals surface area contributed by atoms with Crippen LogP contribution in [0.25, 0.3) is 0 Å². The minimum atomic E-state index is -0.855. The number of ether oxygens (including phenoxy) is 8. The lowest BCUT2D eigenvalue weighted by Gasteiger charge is -2.08. The summed E-state index contributed by atoms with van der Waals surface area (Å²) in [7, 11) is 0. The van der Waals surface area contributed by atoms with Crippen molar-refractivity contribution in [3.63, 3.8) is 0 Å². The quantitative estimate of drug-likeness (QED) is 0.0353. The number of carboxylic acid groups (broad SMARTS) is 3. The minimum absolute atomic E-state index is 0.00168. The average molecular weight is 1600 g/mol. The zero-order valence-electron chi connectivity index (χ0n) is 71.7. The fourth-order valence-electron chi connectivity index (χ4n) is 11.0. The Bertz CT molecular complexity index is 2240. The van der Waals surface area contributed by atoms with Crippen molar-refractivity contribution in [2.45, 2.75) is 345 Å². The van der Waals surface area contributed by atoms with Crippen molar-refractivity contribution in [1.82, 2.24) is 10.6 Å². The van der Waals surface area contributed by atoms with Crippen molar-refractivity contribution in [3.8, 4) is 0 Å². The third kappa shape index (κ3) is 91.9. The van der Waals surface area contributed by atoms with Crippen LogP contribution in [0.5, 0.6) is 0 Å². The van der Waals surface area contributed by atoms with Crippen LogP contribution in [0.4, 0.5) is 0 Å². The van der Waals surface area contributed by atoms with Crippen LogP contribution < -0.4 is 10.6 Å². The predicted molar refractivity (Wildman–Crippen MR) is 439 cm³/mol. The third-order valence-electron chi connectivity index (χ3n) is 18.5. The molecular weight excluding hydrogens is 1440 g/mol. The Hall–Kier alpha value is -5.28. The number of rotatable bonds is 82.